The van der Waals surface area contributed by atoms with Gasteiger partial charge in [-0.1, -0.05) is 17.7 Å². The van der Waals surface area contributed by atoms with Crippen LogP contribution < -0.4 is 10.5 Å². The topological polar surface area (TPSA) is 98.0 Å². The summed E-state index contributed by atoms with van der Waals surface area (Å²) in [5.74, 6) is -0.0539. The van der Waals surface area contributed by atoms with Crippen LogP contribution in [0.2, 0.25) is 5.02 Å². The van der Waals surface area contributed by atoms with Crippen LogP contribution in [0.1, 0.15) is 0 Å². The summed E-state index contributed by atoms with van der Waals surface area (Å²) in [7, 11) is -3.75. The van der Waals surface area contributed by atoms with Crippen molar-refractivity contribution in [3.05, 3.63) is 41.7 Å². The van der Waals surface area contributed by atoms with E-state index in [-0.39, 0.29) is 33.2 Å². The molecule has 6 nitrogen and oxygen atoms in total. The number of aromatic nitrogens is 2. The van der Waals surface area contributed by atoms with Crippen LogP contribution in [0, 0.1) is 0 Å². The Morgan fingerprint density at radius 3 is 2.42 bits per heavy atom. The second kappa shape index (κ2) is 6.36. The van der Waals surface area contributed by atoms with E-state index >= 15 is 0 Å². The van der Waals surface area contributed by atoms with E-state index in [1.807, 2.05) is 0 Å². The van der Waals surface area contributed by atoms with Gasteiger partial charge in [-0.3, -0.25) is 0 Å². The summed E-state index contributed by atoms with van der Waals surface area (Å²) in [5, 5.41) is 0.321. The van der Waals surface area contributed by atoms with Crippen molar-refractivity contribution < 1.29 is 30.8 Å². The first-order valence-electron chi connectivity index (χ1n) is 4.83. The predicted octanol–water partition coefficient (Wildman–Crippen LogP) is 1.51. The molecule has 0 aliphatic heterocycles. The van der Waals surface area contributed by atoms with Crippen LogP contribution in [0.15, 0.2) is 41.6 Å². The summed E-state index contributed by atoms with van der Waals surface area (Å²) in [6.45, 7) is 0. The van der Waals surface area contributed by atoms with Crippen LogP contribution in [0.5, 0.6) is 0 Å². The number of nitrogens with two attached hydrogens (primary N) is 1. The Labute approximate surface area is 131 Å². The van der Waals surface area contributed by atoms with E-state index in [4.69, 9.17) is 17.3 Å². The quantitative estimate of drug-likeness (QED) is 0.609. The van der Waals surface area contributed by atoms with Crippen LogP contribution >= 0.6 is 11.6 Å². The molecular formula is C10H9AgClN4O2S. The number of rotatable bonds is 3. The van der Waals surface area contributed by atoms with Gasteiger partial charge in [-0.15, -0.1) is 0 Å². The Morgan fingerprint density at radius 1 is 1.21 bits per heavy atom. The molecule has 0 unspecified atom stereocenters. The van der Waals surface area contributed by atoms with Crippen LogP contribution in [0.4, 0.5) is 11.6 Å². The van der Waals surface area contributed by atoms with Gasteiger partial charge in [0.15, 0.2) is 0 Å². The number of nitrogens with one attached hydrogen (secondary N) is 1. The zero-order valence-electron chi connectivity index (χ0n) is 9.34. The normalized spacial score (nSPS) is 10.6. The molecular weight excluding hydrogens is 384 g/mol. The molecule has 3 N–H and O–H groups in total. The maximum atomic E-state index is 12.0. The molecule has 2 aromatic rings. The fourth-order valence-electron chi connectivity index (χ4n) is 1.23. The first-order valence-corrected chi connectivity index (χ1v) is 6.69. The third-order valence-corrected chi connectivity index (χ3v) is 3.54. The van der Waals surface area contributed by atoms with Crippen molar-refractivity contribution in [2.75, 3.05) is 10.5 Å². The average Bonchev–Trinajstić information content (AvgIpc) is 2.32. The van der Waals surface area contributed by atoms with E-state index in [0.29, 0.717) is 10.7 Å². The molecule has 0 fully saturated rings. The summed E-state index contributed by atoms with van der Waals surface area (Å²) < 4.78 is 26.1. The van der Waals surface area contributed by atoms with Crippen molar-refractivity contribution in [3.8, 4) is 0 Å². The number of hydrogen-bond acceptors (Lipinski definition) is 5. The third kappa shape index (κ3) is 4.19. The molecule has 1 radical (unpaired) electrons. The van der Waals surface area contributed by atoms with Crippen molar-refractivity contribution in [1.29, 1.82) is 0 Å². The van der Waals surface area contributed by atoms with Gasteiger partial charge in [-0.2, -0.15) is 0 Å². The molecule has 0 spiro atoms. The van der Waals surface area contributed by atoms with Gasteiger partial charge in [0.05, 0.1) is 22.3 Å². The van der Waals surface area contributed by atoms with E-state index < -0.39 is 10.0 Å². The molecule has 0 saturated heterocycles. The van der Waals surface area contributed by atoms with Crippen molar-refractivity contribution in [1.82, 2.24) is 9.97 Å². The maximum absolute atomic E-state index is 12.0. The third-order valence-electron chi connectivity index (χ3n) is 2.01. The standard InChI is InChI=1S/C10H9ClN4O2S.Ag/c11-7-5-13-10(14-6-7)15-18(16,17)9-3-1-2-8(12)4-9;/h1-6H,12H2,(H,13,14,15);. The molecule has 1 aromatic carbocycles. The average molecular weight is 393 g/mol. The minimum Gasteiger partial charge on any atom is -0.399 e. The molecule has 0 bridgehead atoms. The van der Waals surface area contributed by atoms with E-state index in [0.717, 1.165) is 0 Å². The minimum atomic E-state index is -3.75. The number of nitrogen functional groups attached to an aromatic ring is 1. The zero-order chi connectivity index (χ0) is 13.2. The number of nitrogens with zero attached hydrogens (tertiary/aromatic N) is 2. The summed E-state index contributed by atoms with van der Waals surface area (Å²) in [6, 6.07) is 5.91. The van der Waals surface area contributed by atoms with Crippen molar-refractivity contribution in [3.63, 3.8) is 0 Å². The van der Waals surface area contributed by atoms with Gasteiger partial charge in [0, 0.05) is 28.1 Å². The Hall–Kier alpha value is -1.12. The van der Waals surface area contributed by atoms with Gasteiger partial charge in [0.1, 0.15) is 0 Å². The number of halogens is 1. The van der Waals surface area contributed by atoms with Gasteiger partial charge in [0.25, 0.3) is 10.0 Å². The summed E-state index contributed by atoms with van der Waals surface area (Å²) in [4.78, 5) is 7.54. The van der Waals surface area contributed by atoms with Gasteiger partial charge in [0.2, 0.25) is 5.95 Å². The van der Waals surface area contributed by atoms with Crippen LogP contribution in [0.25, 0.3) is 0 Å². The largest absolute Gasteiger partial charge is 0.399 e. The summed E-state index contributed by atoms with van der Waals surface area (Å²) in [6.07, 6.45) is 2.59. The molecule has 0 aliphatic carbocycles. The Morgan fingerprint density at radius 2 is 1.84 bits per heavy atom. The molecule has 0 aliphatic rings. The molecule has 2 rings (SSSR count). The fourth-order valence-corrected chi connectivity index (χ4v) is 2.34. The van der Waals surface area contributed by atoms with Gasteiger partial charge >= 0.3 is 0 Å². The summed E-state index contributed by atoms with van der Waals surface area (Å²) >= 11 is 5.60. The molecule has 1 heterocycles. The predicted molar refractivity (Wildman–Crippen MR) is 68.7 cm³/mol. The first-order chi connectivity index (χ1) is 8.47. The van der Waals surface area contributed by atoms with Crippen molar-refractivity contribution in [2.45, 2.75) is 4.90 Å². The van der Waals surface area contributed by atoms with Gasteiger partial charge in [-0.25, -0.2) is 23.1 Å². The Balaban J connectivity index is 0.00000180. The van der Waals surface area contributed by atoms with Crippen LogP contribution in [0.3, 0.4) is 0 Å². The van der Waals surface area contributed by atoms with E-state index in [1.165, 1.54) is 24.5 Å². The minimum absolute atomic E-state index is 0. The van der Waals surface area contributed by atoms with Crippen LogP contribution in [-0.2, 0) is 32.4 Å². The second-order valence-electron chi connectivity index (χ2n) is 3.40. The number of benzene rings is 1. The fraction of sp³-hybridized carbons (Fsp3) is 0. The first kappa shape index (κ1) is 15.9. The Kier molecular flexibility index (Phi) is 5.33. The van der Waals surface area contributed by atoms with Crippen molar-refractivity contribution in [2.24, 2.45) is 0 Å². The molecule has 105 valence electrons. The number of hydrogen-bond donors (Lipinski definition) is 2. The number of sulfonamides is 1. The molecule has 1 aromatic heterocycles. The molecule has 9 heteroatoms. The Bertz CT molecular complexity index is 663. The molecule has 0 amide bonds. The smallest absolute Gasteiger partial charge is 0.264 e. The second-order valence-corrected chi connectivity index (χ2v) is 5.52. The van der Waals surface area contributed by atoms with E-state index in [9.17, 15) is 8.42 Å². The summed E-state index contributed by atoms with van der Waals surface area (Å²) in [5.41, 5.74) is 5.88. The molecule has 19 heavy (non-hydrogen) atoms. The van der Waals surface area contributed by atoms with E-state index in [1.54, 1.807) is 12.1 Å². The van der Waals surface area contributed by atoms with Crippen molar-refractivity contribution >= 4 is 33.3 Å². The SMILES string of the molecule is Nc1cccc(S(=O)(=O)Nc2ncc(Cl)cn2)c1.[Ag]. The zero-order valence-corrected chi connectivity index (χ0v) is 12.4. The van der Waals surface area contributed by atoms with E-state index in [2.05, 4.69) is 14.7 Å². The molecule has 0 saturated carbocycles. The monoisotopic (exact) mass is 391 g/mol. The van der Waals surface area contributed by atoms with Crippen LogP contribution in [-0.4, -0.2) is 18.4 Å². The van der Waals surface area contributed by atoms with Gasteiger partial charge < -0.3 is 5.73 Å². The van der Waals surface area contributed by atoms with Gasteiger partial charge in [-0.05, 0) is 18.2 Å². The molecule has 0 atom stereocenters. The number of anilines is 2. The maximum Gasteiger partial charge on any atom is 0.264 e.